The third-order valence-corrected chi connectivity index (χ3v) is 5.16. The number of carboxylic acids is 1. The molecule has 9 heteroatoms. The first-order chi connectivity index (χ1) is 14.9. The van der Waals surface area contributed by atoms with Crippen LogP contribution in [0.2, 0.25) is 0 Å². The molecule has 0 bridgehead atoms. The number of rotatable bonds is 8. The number of nitrogens with zero attached hydrogens (tertiary/aromatic N) is 2. The number of aliphatic hydroxyl groups is 1. The molecule has 0 spiro atoms. The van der Waals surface area contributed by atoms with Crippen LogP contribution in [0.1, 0.15) is 15.9 Å². The molecule has 2 aromatic rings. The molecular weight excluding hydrogens is 400 g/mol. The van der Waals surface area contributed by atoms with E-state index in [-0.39, 0.29) is 30.5 Å². The first-order valence-corrected chi connectivity index (χ1v) is 9.99. The van der Waals surface area contributed by atoms with Gasteiger partial charge in [-0.05, 0) is 48.4 Å². The largest absolute Gasteiger partial charge is 0.478 e. The number of nitrogens with two attached hydrogens (primary N) is 1. The van der Waals surface area contributed by atoms with Crippen LogP contribution in [0.3, 0.4) is 0 Å². The predicted octanol–water partition coefficient (Wildman–Crippen LogP) is 0.534. The maximum absolute atomic E-state index is 12.4. The lowest BCUT2D eigenvalue weighted by Gasteiger charge is -2.34. The van der Waals surface area contributed by atoms with Gasteiger partial charge in [0.1, 0.15) is 0 Å². The van der Waals surface area contributed by atoms with E-state index in [0.29, 0.717) is 31.7 Å². The number of aliphatic hydroxyl groups excluding tert-OH is 1. The van der Waals surface area contributed by atoms with Crippen LogP contribution in [0.25, 0.3) is 0 Å². The van der Waals surface area contributed by atoms with Gasteiger partial charge in [-0.25, -0.2) is 4.79 Å². The van der Waals surface area contributed by atoms with Gasteiger partial charge in [0.2, 0.25) is 11.8 Å². The maximum Gasteiger partial charge on any atom is 0.335 e. The molecule has 2 amide bonds. The number of hydrogen-bond donors (Lipinski definition) is 4. The van der Waals surface area contributed by atoms with Crippen molar-refractivity contribution in [3.8, 4) is 0 Å². The average molecular weight is 426 g/mol. The van der Waals surface area contributed by atoms with Gasteiger partial charge in [-0.1, -0.05) is 12.1 Å². The van der Waals surface area contributed by atoms with E-state index in [2.05, 4.69) is 5.32 Å². The van der Waals surface area contributed by atoms with Gasteiger partial charge >= 0.3 is 5.97 Å². The Balaban J connectivity index is 1.54. The lowest BCUT2D eigenvalue weighted by molar-refractivity contribution is -0.121. The van der Waals surface area contributed by atoms with Crippen LogP contribution in [0.5, 0.6) is 0 Å². The minimum atomic E-state index is -1.04. The Bertz CT molecular complexity index is 930. The summed E-state index contributed by atoms with van der Waals surface area (Å²) in [4.78, 5) is 39.2. The molecule has 1 atom stereocenters. The first-order valence-electron chi connectivity index (χ1n) is 9.99. The summed E-state index contributed by atoms with van der Waals surface area (Å²) in [6.07, 6.45) is 0.317. The van der Waals surface area contributed by atoms with Gasteiger partial charge in [0.05, 0.1) is 24.8 Å². The van der Waals surface area contributed by atoms with E-state index in [4.69, 9.17) is 15.9 Å². The van der Waals surface area contributed by atoms with Crippen molar-refractivity contribution in [2.24, 2.45) is 5.73 Å². The number of carbonyl (C=O) groups is 3. The number of hydrogen-bond acceptors (Lipinski definition) is 6. The molecule has 0 radical (unpaired) electrons. The summed E-state index contributed by atoms with van der Waals surface area (Å²) in [7, 11) is 0. The van der Waals surface area contributed by atoms with Crippen LogP contribution in [0, 0.1) is 0 Å². The van der Waals surface area contributed by atoms with Crippen molar-refractivity contribution in [1.29, 1.82) is 0 Å². The zero-order valence-corrected chi connectivity index (χ0v) is 17.0. The zero-order chi connectivity index (χ0) is 22.4. The van der Waals surface area contributed by atoms with E-state index in [1.54, 1.807) is 4.90 Å². The summed E-state index contributed by atoms with van der Waals surface area (Å²) in [5.41, 5.74) is 8.28. The van der Waals surface area contributed by atoms with Crippen molar-refractivity contribution < 1.29 is 24.6 Å². The van der Waals surface area contributed by atoms with E-state index < -0.39 is 12.0 Å². The van der Waals surface area contributed by atoms with Crippen LogP contribution >= 0.6 is 0 Å². The quantitative estimate of drug-likeness (QED) is 0.483. The highest BCUT2D eigenvalue weighted by atomic mass is 16.4. The molecular formula is C22H26N4O5. The van der Waals surface area contributed by atoms with Gasteiger partial charge < -0.3 is 26.2 Å². The fourth-order valence-electron chi connectivity index (χ4n) is 3.42. The molecule has 0 unspecified atom stereocenters. The van der Waals surface area contributed by atoms with Crippen molar-refractivity contribution in [1.82, 2.24) is 4.90 Å². The highest BCUT2D eigenvalue weighted by molar-refractivity contribution is 5.96. The van der Waals surface area contributed by atoms with Crippen molar-refractivity contribution in [3.63, 3.8) is 0 Å². The Morgan fingerprint density at radius 3 is 2.32 bits per heavy atom. The van der Waals surface area contributed by atoms with E-state index in [9.17, 15) is 14.4 Å². The van der Waals surface area contributed by atoms with Crippen molar-refractivity contribution in [2.45, 2.75) is 12.5 Å². The summed E-state index contributed by atoms with van der Waals surface area (Å²) in [5, 5.41) is 20.6. The molecule has 1 aliphatic rings. The second-order valence-electron chi connectivity index (χ2n) is 7.39. The van der Waals surface area contributed by atoms with Gasteiger partial charge in [0.25, 0.3) is 0 Å². The highest BCUT2D eigenvalue weighted by Crippen LogP contribution is 2.19. The molecule has 0 aromatic heterocycles. The molecule has 1 fully saturated rings. The predicted molar refractivity (Wildman–Crippen MR) is 116 cm³/mol. The third kappa shape index (κ3) is 5.88. The minimum Gasteiger partial charge on any atom is -0.478 e. The fourth-order valence-corrected chi connectivity index (χ4v) is 3.42. The number of carbonyl (C=O) groups excluding carboxylic acids is 2. The number of β-amino-alcohol motifs (C(OH)–C–C–N with tert-alkyl or cyclic N) is 1. The van der Waals surface area contributed by atoms with Gasteiger partial charge in [-0.3, -0.25) is 14.5 Å². The molecule has 1 saturated heterocycles. The zero-order valence-electron chi connectivity index (χ0n) is 17.0. The number of anilines is 2. The van der Waals surface area contributed by atoms with Crippen molar-refractivity contribution in [2.75, 3.05) is 43.0 Å². The number of carboxylic acid groups (broad SMARTS) is 1. The summed E-state index contributed by atoms with van der Waals surface area (Å²) in [5.74, 6) is -1.42. The summed E-state index contributed by atoms with van der Waals surface area (Å²) >= 11 is 0. The third-order valence-electron chi connectivity index (χ3n) is 5.16. The Hall–Kier alpha value is -3.27. The SMILES string of the molecule is N[C@@H](Cc1ccc(N2CCN(CCO)CC2=O)cc1)C(=O)Nc1ccc(C(=O)O)cc1. The maximum atomic E-state index is 12.4. The van der Waals surface area contributed by atoms with Gasteiger partial charge in [-0.2, -0.15) is 0 Å². The number of aromatic carboxylic acids is 1. The van der Waals surface area contributed by atoms with E-state index in [1.165, 1.54) is 24.3 Å². The molecule has 9 nitrogen and oxygen atoms in total. The fraction of sp³-hybridized carbons (Fsp3) is 0.318. The minimum absolute atomic E-state index is 0.0163. The van der Waals surface area contributed by atoms with Crippen LogP contribution in [0.15, 0.2) is 48.5 Å². The van der Waals surface area contributed by atoms with E-state index >= 15 is 0 Å². The second-order valence-corrected chi connectivity index (χ2v) is 7.39. The smallest absolute Gasteiger partial charge is 0.335 e. The average Bonchev–Trinajstić information content (AvgIpc) is 2.75. The molecule has 2 aromatic carbocycles. The number of piperazine rings is 1. The molecule has 31 heavy (non-hydrogen) atoms. The number of benzene rings is 2. The Morgan fingerprint density at radius 1 is 1.06 bits per heavy atom. The number of amides is 2. The summed E-state index contributed by atoms with van der Waals surface area (Å²) in [6.45, 7) is 2.06. The van der Waals surface area contributed by atoms with Gasteiger partial charge in [0.15, 0.2) is 0 Å². The van der Waals surface area contributed by atoms with Gasteiger partial charge in [0, 0.05) is 31.0 Å². The van der Waals surface area contributed by atoms with Crippen LogP contribution in [-0.2, 0) is 16.0 Å². The second kappa shape index (κ2) is 10.2. The van der Waals surface area contributed by atoms with Crippen molar-refractivity contribution in [3.05, 3.63) is 59.7 Å². The first kappa shape index (κ1) is 22.4. The molecule has 0 saturated carbocycles. The monoisotopic (exact) mass is 426 g/mol. The molecule has 1 aliphatic heterocycles. The molecule has 3 rings (SSSR count). The van der Waals surface area contributed by atoms with Gasteiger partial charge in [-0.15, -0.1) is 0 Å². The number of nitrogens with one attached hydrogen (secondary N) is 1. The molecule has 5 N–H and O–H groups in total. The normalized spacial score (nSPS) is 15.5. The standard InChI is InChI=1S/C22H26N4O5/c23-19(21(29)24-17-5-3-16(4-6-17)22(30)31)13-15-1-7-18(8-2-15)26-10-9-25(11-12-27)14-20(26)28/h1-8,19,27H,9-14,23H2,(H,24,29)(H,30,31)/t19-/m0/s1. The lowest BCUT2D eigenvalue weighted by atomic mass is 10.0. The van der Waals surface area contributed by atoms with E-state index in [1.807, 2.05) is 29.2 Å². The van der Waals surface area contributed by atoms with Crippen LogP contribution < -0.4 is 16.0 Å². The van der Waals surface area contributed by atoms with Crippen LogP contribution in [-0.4, -0.2) is 71.7 Å². The lowest BCUT2D eigenvalue weighted by Crippen LogP contribution is -2.51. The van der Waals surface area contributed by atoms with E-state index in [0.717, 1.165) is 11.3 Å². The molecule has 164 valence electrons. The van der Waals surface area contributed by atoms with Crippen LogP contribution in [0.4, 0.5) is 11.4 Å². The summed E-state index contributed by atoms with van der Waals surface area (Å²) in [6, 6.07) is 12.4. The highest BCUT2D eigenvalue weighted by Gasteiger charge is 2.24. The summed E-state index contributed by atoms with van der Waals surface area (Å²) < 4.78 is 0. The Morgan fingerprint density at radius 2 is 1.74 bits per heavy atom. The Labute approximate surface area is 180 Å². The van der Waals surface area contributed by atoms with Crippen molar-refractivity contribution >= 4 is 29.2 Å². The Kier molecular flexibility index (Phi) is 7.35. The molecule has 1 heterocycles. The molecule has 0 aliphatic carbocycles. The topological polar surface area (TPSA) is 136 Å².